The van der Waals surface area contributed by atoms with Crippen molar-refractivity contribution in [3.63, 3.8) is 0 Å². The summed E-state index contributed by atoms with van der Waals surface area (Å²) >= 11 is 1.79. The summed E-state index contributed by atoms with van der Waals surface area (Å²) in [7, 11) is 1.89. The van der Waals surface area contributed by atoms with Crippen LogP contribution in [0.15, 0.2) is 17.5 Å². The van der Waals surface area contributed by atoms with E-state index in [4.69, 9.17) is 4.98 Å². The number of thiophene rings is 1. The van der Waals surface area contributed by atoms with Gasteiger partial charge in [-0.1, -0.05) is 13.8 Å². The minimum atomic E-state index is 0.0854. The van der Waals surface area contributed by atoms with Gasteiger partial charge in [-0.25, -0.2) is 4.98 Å². The van der Waals surface area contributed by atoms with Gasteiger partial charge in [-0.3, -0.25) is 9.48 Å². The molecule has 0 spiro atoms. The maximum absolute atomic E-state index is 13.3. The number of pyridine rings is 1. The van der Waals surface area contributed by atoms with E-state index < -0.39 is 0 Å². The Morgan fingerprint density at radius 1 is 1.36 bits per heavy atom. The molecule has 4 heterocycles. The predicted molar refractivity (Wildman–Crippen MR) is 100 cm³/mol. The van der Waals surface area contributed by atoms with Crippen LogP contribution < -0.4 is 0 Å². The van der Waals surface area contributed by atoms with E-state index in [1.165, 1.54) is 10.4 Å². The third-order valence-corrected chi connectivity index (χ3v) is 5.93. The van der Waals surface area contributed by atoms with E-state index in [0.29, 0.717) is 6.54 Å². The second-order valence-electron chi connectivity index (χ2n) is 7.00. The van der Waals surface area contributed by atoms with Gasteiger partial charge in [0.1, 0.15) is 0 Å². The Hall–Kier alpha value is -2.21. The minimum absolute atomic E-state index is 0.0854. The molecular weight excluding hydrogens is 332 g/mol. The number of carbonyl (C=O) groups is 1. The Kier molecular flexibility index (Phi) is 3.87. The Balaban J connectivity index is 1.81. The summed E-state index contributed by atoms with van der Waals surface area (Å²) in [5.41, 5.74) is 4.60. The molecule has 0 aromatic carbocycles. The minimum Gasteiger partial charge on any atom is -0.334 e. The van der Waals surface area contributed by atoms with E-state index >= 15 is 0 Å². The molecule has 0 aliphatic carbocycles. The van der Waals surface area contributed by atoms with E-state index in [1.807, 2.05) is 24.9 Å². The first-order valence-electron chi connectivity index (χ1n) is 8.64. The van der Waals surface area contributed by atoms with Crippen molar-refractivity contribution < 1.29 is 4.79 Å². The zero-order valence-electron chi connectivity index (χ0n) is 15.0. The van der Waals surface area contributed by atoms with Crippen LogP contribution in [0.1, 0.15) is 52.0 Å². The number of nitrogens with zero attached hydrogens (tertiary/aromatic N) is 4. The number of aryl methyl sites for hydroxylation is 2. The summed E-state index contributed by atoms with van der Waals surface area (Å²) in [5.74, 6) is 0.346. The Bertz CT molecular complexity index is 969. The van der Waals surface area contributed by atoms with Gasteiger partial charge in [-0.15, -0.1) is 11.3 Å². The van der Waals surface area contributed by atoms with Crippen molar-refractivity contribution in [2.75, 3.05) is 6.54 Å². The van der Waals surface area contributed by atoms with E-state index in [0.717, 1.165) is 41.0 Å². The number of hydrogen-bond donors (Lipinski definition) is 0. The summed E-state index contributed by atoms with van der Waals surface area (Å²) in [6.45, 7) is 7.61. The van der Waals surface area contributed by atoms with E-state index in [-0.39, 0.29) is 11.8 Å². The van der Waals surface area contributed by atoms with Gasteiger partial charge in [-0.2, -0.15) is 5.10 Å². The second kappa shape index (κ2) is 5.95. The molecular formula is C19H22N4OS. The number of fused-ring (bicyclic) bond motifs is 2. The van der Waals surface area contributed by atoms with Crippen molar-refractivity contribution in [3.05, 3.63) is 44.9 Å². The highest BCUT2D eigenvalue weighted by Crippen LogP contribution is 2.29. The normalized spacial score (nSPS) is 14.4. The molecule has 1 aliphatic heterocycles. The van der Waals surface area contributed by atoms with Crippen LogP contribution in [0.2, 0.25) is 0 Å². The highest BCUT2D eigenvalue weighted by molar-refractivity contribution is 7.10. The third kappa shape index (κ3) is 2.65. The maximum Gasteiger partial charge on any atom is 0.255 e. The van der Waals surface area contributed by atoms with Gasteiger partial charge in [0.15, 0.2) is 5.65 Å². The molecule has 0 saturated carbocycles. The lowest BCUT2D eigenvalue weighted by Crippen LogP contribution is -2.35. The molecule has 0 bridgehead atoms. The zero-order valence-corrected chi connectivity index (χ0v) is 15.9. The number of rotatable bonds is 2. The Labute approximate surface area is 151 Å². The third-order valence-electron chi connectivity index (χ3n) is 4.91. The van der Waals surface area contributed by atoms with Crippen molar-refractivity contribution >= 4 is 28.3 Å². The molecule has 0 atom stereocenters. The average molecular weight is 354 g/mol. The van der Waals surface area contributed by atoms with E-state index in [9.17, 15) is 4.79 Å². The van der Waals surface area contributed by atoms with Gasteiger partial charge in [0.2, 0.25) is 0 Å². The predicted octanol–water partition coefficient (Wildman–Crippen LogP) is 3.66. The zero-order chi connectivity index (χ0) is 17.7. The van der Waals surface area contributed by atoms with Gasteiger partial charge in [0.05, 0.1) is 16.6 Å². The SMILES string of the molecule is Cc1nn(C)c2nc(C(C)C)cc(C(=O)N3CCc4sccc4C3)c12. The first kappa shape index (κ1) is 16.3. The molecule has 3 aromatic heterocycles. The highest BCUT2D eigenvalue weighted by Gasteiger charge is 2.26. The van der Waals surface area contributed by atoms with E-state index in [1.54, 1.807) is 16.0 Å². The smallest absolute Gasteiger partial charge is 0.255 e. The van der Waals surface area contributed by atoms with E-state index in [2.05, 4.69) is 30.4 Å². The molecule has 0 unspecified atom stereocenters. The lowest BCUT2D eigenvalue weighted by atomic mass is 10.0. The van der Waals surface area contributed by atoms with Gasteiger partial charge in [0.25, 0.3) is 5.91 Å². The maximum atomic E-state index is 13.3. The van der Waals surface area contributed by atoms with Crippen LogP contribution in [-0.4, -0.2) is 32.1 Å². The molecule has 5 nitrogen and oxygen atoms in total. The number of carbonyl (C=O) groups excluding carboxylic acids is 1. The number of amides is 1. The first-order chi connectivity index (χ1) is 12.0. The largest absolute Gasteiger partial charge is 0.334 e. The fourth-order valence-corrected chi connectivity index (χ4v) is 4.41. The fourth-order valence-electron chi connectivity index (χ4n) is 3.52. The lowest BCUT2D eigenvalue weighted by Gasteiger charge is -2.27. The van der Waals surface area contributed by atoms with Gasteiger partial charge in [-0.05, 0) is 42.3 Å². The molecule has 0 saturated heterocycles. The Morgan fingerprint density at radius 2 is 2.16 bits per heavy atom. The molecule has 0 N–H and O–H groups in total. The molecule has 25 heavy (non-hydrogen) atoms. The quantitative estimate of drug-likeness (QED) is 0.706. The molecule has 0 radical (unpaired) electrons. The standard InChI is InChI=1S/C19H22N4OS/c1-11(2)15-9-14(17-12(3)21-22(4)18(17)20-15)19(24)23-7-5-16-13(10-23)6-8-25-16/h6,8-9,11H,5,7,10H2,1-4H3. The van der Waals surface area contributed by atoms with Crippen LogP contribution in [0.25, 0.3) is 11.0 Å². The number of aromatic nitrogens is 3. The summed E-state index contributed by atoms with van der Waals surface area (Å²) in [6, 6.07) is 4.10. The van der Waals surface area contributed by atoms with Crippen molar-refractivity contribution in [3.8, 4) is 0 Å². The molecule has 6 heteroatoms. The second-order valence-corrected chi connectivity index (χ2v) is 8.00. The van der Waals surface area contributed by atoms with Crippen LogP contribution in [0.4, 0.5) is 0 Å². The summed E-state index contributed by atoms with van der Waals surface area (Å²) in [4.78, 5) is 21.5. The fraction of sp³-hybridized carbons (Fsp3) is 0.421. The lowest BCUT2D eigenvalue weighted by molar-refractivity contribution is 0.0737. The van der Waals surface area contributed by atoms with Gasteiger partial charge < -0.3 is 4.90 Å². The van der Waals surface area contributed by atoms with Crippen LogP contribution in [0.5, 0.6) is 0 Å². The molecule has 1 aliphatic rings. The van der Waals surface area contributed by atoms with Crippen molar-refractivity contribution in [2.24, 2.45) is 7.05 Å². The Morgan fingerprint density at radius 3 is 2.92 bits per heavy atom. The van der Waals surface area contributed by atoms with Crippen molar-refractivity contribution in [1.29, 1.82) is 0 Å². The molecule has 3 aromatic rings. The van der Waals surface area contributed by atoms with Gasteiger partial charge >= 0.3 is 0 Å². The monoisotopic (exact) mass is 354 g/mol. The van der Waals surface area contributed by atoms with Crippen LogP contribution in [0, 0.1) is 6.92 Å². The summed E-state index contributed by atoms with van der Waals surface area (Å²) < 4.78 is 1.78. The van der Waals surface area contributed by atoms with Crippen LogP contribution in [0.3, 0.4) is 0 Å². The molecule has 130 valence electrons. The van der Waals surface area contributed by atoms with Gasteiger partial charge in [0, 0.05) is 30.7 Å². The topological polar surface area (TPSA) is 51.0 Å². The van der Waals surface area contributed by atoms with Crippen molar-refractivity contribution in [1.82, 2.24) is 19.7 Å². The van der Waals surface area contributed by atoms with Crippen LogP contribution in [-0.2, 0) is 20.0 Å². The first-order valence-corrected chi connectivity index (χ1v) is 9.52. The average Bonchev–Trinajstić information content (AvgIpc) is 3.17. The number of hydrogen-bond acceptors (Lipinski definition) is 4. The molecule has 4 rings (SSSR count). The summed E-state index contributed by atoms with van der Waals surface area (Å²) in [5, 5.41) is 7.49. The summed E-state index contributed by atoms with van der Waals surface area (Å²) in [6.07, 6.45) is 0.941. The van der Waals surface area contributed by atoms with Crippen LogP contribution >= 0.6 is 11.3 Å². The van der Waals surface area contributed by atoms with Crippen molar-refractivity contribution in [2.45, 2.75) is 39.7 Å². The molecule has 0 fully saturated rings. The molecule has 1 amide bonds. The highest BCUT2D eigenvalue weighted by atomic mass is 32.1.